The van der Waals surface area contributed by atoms with Gasteiger partial charge in [0.05, 0.1) is 6.42 Å². The fraction of sp³-hybridized carbons (Fsp3) is 0.933. The van der Waals surface area contributed by atoms with E-state index >= 15 is 0 Å². The molecule has 0 saturated heterocycles. The lowest BCUT2D eigenvalue weighted by Crippen LogP contribution is -2.46. The molecular weight excluding hydrogens is 242 g/mol. The SMILES string of the molecule is CC(CC(=O)OC(C)(C)C)NC1CCCC1(C)CO. The van der Waals surface area contributed by atoms with Crippen LogP contribution >= 0.6 is 0 Å². The molecule has 0 radical (unpaired) electrons. The molecule has 1 aliphatic carbocycles. The van der Waals surface area contributed by atoms with E-state index < -0.39 is 5.60 Å². The minimum atomic E-state index is -0.427. The predicted octanol–water partition coefficient (Wildman–Crippen LogP) is 2.25. The van der Waals surface area contributed by atoms with Crippen molar-refractivity contribution in [3.05, 3.63) is 0 Å². The second kappa shape index (κ2) is 6.23. The summed E-state index contributed by atoms with van der Waals surface area (Å²) in [7, 11) is 0. The van der Waals surface area contributed by atoms with Crippen LogP contribution in [0.15, 0.2) is 0 Å². The summed E-state index contributed by atoms with van der Waals surface area (Å²) in [5, 5.41) is 13.0. The highest BCUT2D eigenvalue weighted by molar-refractivity contribution is 5.70. The smallest absolute Gasteiger partial charge is 0.307 e. The Morgan fingerprint density at radius 2 is 2.16 bits per heavy atom. The number of hydrogen-bond acceptors (Lipinski definition) is 4. The van der Waals surface area contributed by atoms with Crippen LogP contribution in [0, 0.1) is 5.41 Å². The van der Waals surface area contributed by atoms with E-state index in [2.05, 4.69) is 12.2 Å². The van der Waals surface area contributed by atoms with Crippen LogP contribution in [0.1, 0.15) is 60.3 Å². The molecule has 2 N–H and O–H groups in total. The van der Waals surface area contributed by atoms with Gasteiger partial charge in [-0.3, -0.25) is 4.79 Å². The van der Waals surface area contributed by atoms with Gasteiger partial charge >= 0.3 is 5.97 Å². The third kappa shape index (κ3) is 5.11. The summed E-state index contributed by atoms with van der Waals surface area (Å²) < 4.78 is 5.32. The van der Waals surface area contributed by atoms with Gasteiger partial charge in [0.1, 0.15) is 5.60 Å². The summed E-state index contributed by atoms with van der Waals surface area (Å²) in [4.78, 5) is 11.8. The van der Waals surface area contributed by atoms with Crippen LogP contribution in [0.4, 0.5) is 0 Å². The molecule has 1 aliphatic rings. The summed E-state index contributed by atoms with van der Waals surface area (Å²) in [6, 6.07) is 0.360. The van der Waals surface area contributed by atoms with Gasteiger partial charge in [0, 0.05) is 24.1 Å². The van der Waals surface area contributed by atoms with Gasteiger partial charge in [-0.1, -0.05) is 13.3 Å². The Bertz CT molecular complexity index is 311. The van der Waals surface area contributed by atoms with Gasteiger partial charge in [0.15, 0.2) is 0 Å². The molecule has 3 atom stereocenters. The molecule has 0 spiro atoms. The first kappa shape index (κ1) is 16.4. The molecule has 0 aromatic rings. The van der Waals surface area contributed by atoms with Gasteiger partial charge < -0.3 is 15.2 Å². The van der Waals surface area contributed by atoms with Crippen molar-refractivity contribution in [3.8, 4) is 0 Å². The molecule has 0 aromatic carbocycles. The minimum Gasteiger partial charge on any atom is -0.460 e. The van der Waals surface area contributed by atoms with E-state index in [1.165, 1.54) is 0 Å². The van der Waals surface area contributed by atoms with E-state index in [9.17, 15) is 9.90 Å². The van der Waals surface area contributed by atoms with E-state index in [1.54, 1.807) is 0 Å². The van der Waals surface area contributed by atoms with Crippen LogP contribution in [0.5, 0.6) is 0 Å². The number of rotatable bonds is 5. The Hall–Kier alpha value is -0.610. The largest absolute Gasteiger partial charge is 0.460 e. The van der Waals surface area contributed by atoms with Crippen molar-refractivity contribution >= 4 is 5.97 Å². The van der Waals surface area contributed by atoms with E-state index in [1.807, 2.05) is 27.7 Å². The average Bonchev–Trinajstić information content (AvgIpc) is 2.58. The predicted molar refractivity (Wildman–Crippen MR) is 75.9 cm³/mol. The topological polar surface area (TPSA) is 58.6 Å². The maximum absolute atomic E-state index is 11.8. The molecule has 4 heteroatoms. The Labute approximate surface area is 116 Å². The number of aliphatic hydroxyl groups is 1. The fourth-order valence-electron chi connectivity index (χ4n) is 2.74. The summed E-state index contributed by atoms with van der Waals surface area (Å²) in [6.07, 6.45) is 3.61. The third-order valence-corrected chi connectivity index (χ3v) is 3.82. The van der Waals surface area contributed by atoms with Crippen LogP contribution in [0.25, 0.3) is 0 Å². The molecule has 0 aromatic heterocycles. The van der Waals surface area contributed by atoms with Crippen molar-refractivity contribution < 1.29 is 14.6 Å². The molecule has 1 rings (SSSR count). The second-order valence-electron chi connectivity index (χ2n) is 7.12. The molecule has 112 valence electrons. The number of carbonyl (C=O) groups excluding carboxylic acids is 1. The quantitative estimate of drug-likeness (QED) is 0.753. The van der Waals surface area contributed by atoms with Gasteiger partial charge in [-0.05, 0) is 40.5 Å². The lowest BCUT2D eigenvalue weighted by molar-refractivity contribution is -0.155. The highest BCUT2D eigenvalue weighted by atomic mass is 16.6. The number of aliphatic hydroxyl groups excluding tert-OH is 1. The molecule has 3 unspecified atom stereocenters. The molecule has 19 heavy (non-hydrogen) atoms. The normalized spacial score (nSPS) is 29.3. The van der Waals surface area contributed by atoms with Crippen molar-refractivity contribution in [2.24, 2.45) is 5.41 Å². The Morgan fingerprint density at radius 3 is 2.68 bits per heavy atom. The molecule has 0 bridgehead atoms. The first-order valence-corrected chi connectivity index (χ1v) is 7.25. The molecule has 0 amide bonds. The zero-order valence-corrected chi connectivity index (χ0v) is 13.0. The third-order valence-electron chi connectivity index (χ3n) is 3.82. The Balaban J connectivity index is 2.43. The zero-order chi connectivity index (χ0) is 14.7. The lowest BCUT2D eigenvalue weighted by atomic mass is 9.85. The maximum Gasteiger partial charge on any atom is 0.307 e. The minimum absolute atomic E-state index is 0.0534. The lowest BCUT2D eigenvalue weighted by Gasteiger charge is -2.32. The number of carbonyl (C=O) groups is 1. The number of ether oxygens (including phenoxy) is 1. The van der Waals surface area contributed by atoms with Gasteiger partial charge in [0.25, 0.3) is 0 Å². The molecule has 1 fully saturated rings. The number of hydrogen-bond donors (Lipinski definition) is 2. The van der Waals surface area contributed by atoms with Crippen molar-refractivity contribution in [2.75, 3.05) is 6.61 Å². The Morgan fingerprint density at radius 1 is 1.53 bits per heavy atom. The number of nitrogens with one attached hydrogen (secondary N) is 1. The first-order valence-electron chi connectivity index (χ1n) is 7.25. The monoisotopic (exact) mass is 271 g/mol. The van der Waals surface area contributed by atoms with Crippen LogP contribution in [-0.2, 0) is 9.53 Å². The summed E-state index contributed by atoms with van der Waals surface area (Å²) in [5.74, 6) is -0.170. The van der Waals surface area contributed by atoms with E-state index in [4.69, 9.17) is 4.74 Å². The van der Waals surface area contributed by atoms with Crippen LogP contribution < -0.4 is 5.32 Å². The van der Waals surface area contributed by atoms with E-state index in [0.717, 1.165) is 19.3 Å². The maximum atomic E-state index is 11.8. The summed E-state index contributed by atoms with van der Waals surface area (Å²) in [5.41, 5.74) is -0.480. The zero-order valence-electron chi connectivity index (χ0n) is 13.0. The van der Waals surface area contributed by atoms with Crippen LogP contribution in [-0.4, -0.2) is 35.4 Å². The summed E-state index contributed by atoms with van der Waals surface area (Å²) in [6.45, 7) is 9.94. The van der Waals surface area contributed by atoms with Gasteiger partial charge in [-0.2, -0.15) is 0 Å². The van der Waals surface area contributed by atoms with Crippen molar-refractivity contribution in [1.82, 2.24) is 5.32 Å². The second-order valence-corrected chi connectivity index (χ2v) is 7.12. The summed E-state index contributed by atoms with van der Waals surface area (Å²) >= 11 is 0. The highest BCUT2D eigenvalue weighted by Crippen LogP contribution is 2.37. The van der Waals surface area contributed by atoms with E-state index in [0.29, 0.717) is 6.42 Å². The van der Waals surface area contributed by atoms with Crippen molar-refractivity contribution in [3.63, 3.8) is 0 Å². The molecule has 4 nitrogen and oxygen atoms in total. The van der Waals surface area contributed by atoms with E-state index in [-0.39, 0.29) is 30.1 Å². The molecule has 1 saturated carbocycles. The van der Waals surface area contributed by atoms with Crippen molar-refractivity contribution in [2.45, 2.75) is 78.0 Å². The highest BCUT2D eigenvalue weighted by Gasteiger charge is 2.38. The van der Waals surface area contributed by atoms with Crippen LogP contribution in [0.3, 0.4) is 0 Å². The van der Waals surface area contributed by atoms with Gasteiger partial charge in [-0.15, -0.1) is 0 Å². The molecular formula is C15H29NO3. The fourth-order valence-corrected chi connectivity index (χ4v) is 2.74. The molecule has 0 aliphatic heterocycles. The standard InChI is InChI=1S/C15H29NO3/c1-11(9-13(18)19-14(2,3)4)16-12-7-6-8-15(12,5)10-17/h11-12,16-17H,6-10H2,1-5H3. The Kier molecular flexibility index (Phi) is 5.39. The first-order chi connectivity index (χ1) is 8.66. The van der Waals surface area contributed by atoms with Crippen molar-refractivity contribution in [1.29, 1.82) is 0 Å². The number of esters is 1. The molecule has 0 heterocycles. The van der Waals surface area contributed by atoms with Gasteiger partial charge in [-0.25, -0.2) is 0 Å². The van der Waals surface area contributed by atoms with Crippen LogP contribution in [0.2, 0.25) is 0 Å². The average molecular weight is 271 g/mol. The van der Waals surface area contributed by atoms with Gasteiger partial charge in [0.2, 0.25) is 0 Å².